The van der Waals surface area contributed by atoms with Crippen LogP contribution < -0.4 is 0 Å². The van der Waals surface area contributed by atoms with E-state index >= 15 is 0 Å². The zero-order valence-electron chi connectivity index (χ0n) is 6.95. The van der Waals surface area contributed by atoms with E-state index in [1.807, 2.05) is 12.1 Å². The minimum Gasteiger partial charge on any atom is -0.198 e. The Hall–Kier alpha value is -1.53. The monoisotopic (exact) mass is 161 g/mol. The van der Waals surface area contributed by atoms with Gasteiger partial charge >= 0.3 is 0 Å². The highest BCUT2D eigenvalue weighted by molar-refractivity contribution is 4.89. The molecule has 1 atom stereocenters. The zero-order chi connectivity index (χ0) is 9.23. The van der Waals surface area contributed by atoms with Crippen LogP contribution in [0.4, 0.5) is 0 Å². The molecule has 3 nitrogen and oxygen atoms in total. The molecule has 12 heavy (non-hydrogen) atoms. The number of rotatable bonds is 5. The minimum atomic E-state index is -0.145. The van der Waals surface area contributed by atoms with Gasteiger partial charge in [0.1, 0.15) is 0 Å². The second-order valence-corrected chi connectivity index (χ2v) is 2.59. The molecule has 0 radical (unpaired) electrons. The van der Waals surface area contributed by atoms with Gasteiger partial charge in [-0.2, -0.15) is 15.8 Å². The second-order valence-electron chi connectivity index (χ2n) is 2.59. The maximum absolute atomic E-state index is 8.55. The maximum atomic E-state index is 8.55. The third-order valence-corrected chi connectivity index (χ3v) is 1.61. The predicted molar refractivity (Wildman–Crippen MR) is 43.4 cm³/mol. The lowest BCUT2D eigenvalue weighted by atomic mass is 10.0. The Kier molecular flexibility index (Phi) is 6.61. The van der Waals surface area contributed by atoms with Crippen LogP contribution in [0.15, 0.2) is 0 Å². The van der Waals surface area contributed by atoms with Gasteiger partial charge in [-0.25, -0.2) is 0 Å². The zero-order valence-corrected chi connectivity index (χ0v) is 6.95. The van der Waals surface area contributed by atoms with Gasteiger partial charge < -0.3 is 0 Å². The Labute approximate surface area is 72.8 Å². The molecule has 3 heteroatoms. The number of nitriles is 3. The van der Waals surface area contributed by atoms with Crippen LogP contribution in [0.5, 0.6) is 0 Å². The average molecular weight is 161 g/mol. The van der Waals surface area contributed by atoms with E-state index in [1.54, 1.807) is 0 Å². The molecule has 0 saturated carbocycles. The Morgan fingerprint density at radius 2 is 1.75 bits per heavy atom. The fourth-order valence-electron chi connectivity index (χ4n) is 0.917. The molecule has 0 heterocycles. The van der Waals surface area contributed by atoms with Crippen molar-refractivity contribution in [2.75, 3.05) is 0 Å². The summed E-state index contributed by atoms with van der Waals surface area (Å²) in [5.41, 5.74) is 0. The van der Waals surface area contributed by atoms with Gasteiger partial charge in [-0.1, -0.05) is 6.42 Å². The molecule has 0 N–H and O–H groups in total. The number of hydrogen-bond donors (Lipinski definition) is 0. The maximum Gasteiger partial charge on any atom is 0.0666 e. The molecular formula is C9H11N3. The Bertz CT molecular complexity index is 226. The molecule has 0 fully saturated rings. The molecule has 0 aliphatic rings. The molecule has 0 aromatic rings. The Morgan fingerprint density at radius 1 is 1.00 bits per heavy atom. The van der Waals surface area contributed by atoms with Crippen LogP contribution in [0.25, 0.3) is 0 Å². The first-order valence-electron chi connectivity index (χ1n) is 3.98. The first kappa shape index (κ1) is 10.5. The van der Waals surface area contributed by atoms with Gasteiger partial charge in [-0.3, -0.25) is 0 Å². The highest BCUT2D eigenvalue weighted by atomic mass is 14.3. The molecule has 0 aromatic carbocycles. The van der Waals surface area contributed by atoms with Crippen LogP contribution in [-0.2, 0) is 0 Å². The Morgan fingerprint density at radius 3 is 2.25 bits per heavy atom. The van der Waals surface area contributed by atoms with Crippen molar-refractivity contribution < 1.29 is 0 Å². The number of nitrogens with zero attached hydrogens (tertiary/aromatic N) is 3. The average Bonchev–Trinajstić information content (AvgIpc) is 2.10. The van der Waals surface area contributed by atoms with Crippen molar-refractivity contribution in [3.63, 3.8) is 0 Å². The lowest BCUT2D eigenvalue weighted by Gasteiger charge is -2.01. The molecule has 0 aliphatic carbocycles. The number of unbranched alkanes of at least 4 members (excludes halogenated alkanes) is 2. The topological polar surface area (TPSA) is 71.4 Å². The van der Waals surface area contributed by atoms with Crippen molar-refractivity contribution in [2.45, 2.75) is 32.1 Å². The largest absolute Gasteiger partial charge is 0.198 e. The van der Waals surface area contributed by atoms with Gasteiger partial charge in [0.25, 0.3) is 0 Å². The van der Waals surface area contributed by atoms with E-state index in [9.17, 15) is 0 Å². The van der Waals surface area contributed by atoms with Crippen LogP contribution in [0.3, 0.4) is 0 Å². The molecule has 0 saturated heterocycles. The highest BCUT2D eigenvalue weighted by Gasteiger charge is 2.05. The van der Waals surface area contributed by atoms with Gasteiger partial charge in [-0.05, 0) is 12.8 Å². The van der Waals surface area contributed by atoms with Gasteiger partial charge in [0.05, 0.1) is 30.5 Å². The Balaban J connectivity index is 3.43. The third-order valence-electron chi connectivity index (χ3n) is 1.61. The van der Waals surface area contributed by atoms with E-state index in [2.05, 4.69) is 6.07 Å². The van der Waals surface area contributed by atoms with Crippen molar-refractivity contribution in [2.24, 2.45) is 5.92 Å². The standard InChI is InChI=1S/C9H11N3/c10-6-3-1-2-4-9(8-12)5-7-11/h9H,1-5H2/t9-/m1/s1. The van der Waals surface area contributed by atoms with Crippen LogP contribution in [0.1, 0.15) is 32.1 Å². The van der Waals surface area contributed by atoms with Gasteiger partial charge in [0.15, 0.2) is 0 Å². The molecule has 0 rings (SSSR count). The molecule has 0 spiro atoms. The second kappa shape index (κ2) is 7.58. The summed E-state index contributed by atoms with van der Waals surface area (Å²) in [5.74, 6) is -0.145. The summed E-state index contributed by atoms with van der Waals surface area (Å²) in [6.45, 7) is 0. The molecule has 0 aliphatic heterocycles. The smallest absolute Gasteiger partial charge is 0.0666 e. The van der Waals surface area contributed by atoms with E-state index < -0.39 is 0 Å². The summed E-state index contributed by atoms with van der Waals surface area (Å²) in [4.78, 5) is 0. The van der Waals surface area contributed by atoms with E-state index in [0.717, 1.165) is 19.3 Å². The summed E-state index contributed by atoms with van der Waals surface area (Å²) in [6.07, 6.45) is 3.30. The summed E-state index contributed by atoms with van der Waals surface area (Å²) < 4.78 is 0. The normalized spacial score (nSPS) is 10.8. The summed E-state index contributed by atoms with van der Waals surface area (Å²) >= 11 is 0. The molecule has 0 unspecified atom stereocenters. The van der Waals surface area contributed by atoms with Gasteiger partial charge in [-0.15, -0.1) is 0 Å². The van der Waals surface area contributed by atoms with Gasteiger partial charge in [0.2, 0.25) is 0 Å². The first-order valence-corrected chi connectivity index (χ1v) is 3.98. The fraction of sp³-hybridized carbons (Fsp3) is 0.667. The van der Waals surface area contributed by atoms with Crippen LogP contribution >= 0.6 is 0 Å². The quantitative estimate of drug-likeness (QED) is 0.580. The fourth-order valence-corrected chi connectivity index (χ4v) is 0.917. The van der Waals surface area contributed by atoms with Crippen LogP contribution in [0, 0.1) is 39.9 Å². The van der Waals surface area contributed by atoms with E-state index in [0.29, 0.717) is 12.8 Å². The number of hydrogen-bond acceptors (Lipinski definition) is 3. The van der Waals surface area contributed by atoms with E-state index in [-0.39, 0.29) is 5.92 Å². The summed E-state index contributed by atoms with van der Waals surface area (Å²) in [7, 11) is 0. The van der Waals surface area contributed by atoms with Crippen molar-refractivity contribution in [3.05, 3.63) is 0 Å². The van der Waals surface area contributed by atoms with Crippen molar-refractivity contribution in [3.8, 4) is 18.2 Å². The third kappa shape index (κ3) is 5.27. The highest BCUT2D eigenvalue weighted by Crippen LogP contribution is 2.11. The van der Waals surface area contributed by atoms with Gasteiger partial charge in [0, 0.05) is 6.42 Å². The van der Waals surface area contributed by atoms with Crippen LogP contribution in [-0.4, -0.2) is 0 Å². The lowest BCUT2D eigenvalue weighted by molar-refractivity contribution is 0.566. The van der Waals surface area contributed by atoms with E-state index in [4.69, 9.17) is 15.8 Å². The summed E-state index contributed by atoms with van der Waals surface area (Å²) in [6, 6.07) is 6.09. The minimum absolute atomic E-state index is 0.145. The lowest BCUT2D eigenvalue weighted by Crippen LogP contribution is -1.94. The van der Waals surface area contributed by atoms with E-state index in [1.165, 1.54) is 0 Å². The van der Waals surface area contributed by atoms with Crippen molar-refractivity contribution in [1.29, 1.82) is 15.8 Å². The van der Waals surface area contributed by atoms with Crippen LogP contribution in [0.2, 0.25) is 0 Å². The summed E-state index contributed by atoms with van der Waals surface area (Å²) in [5, 5.41) is 25.1. The molecule has 0 bridgehead atoms. The SMILES string of the molecule is N#CCCCC[C@@H](C#N)CC#N. The van der Waals surface area contributed by atoms with Crippen molar-refractivity contribution in [1.82, 2.24) is 0 Å². The molecule has 0 amide bonds. The predicted octanol–water partition coefficient (Wildman–Crippen LogP) is 2.12. The first-order chi connectivity index (χ1) is 5.85. The molecule has 0 aromatic heterocycles. The van der Waals surface area contributed by atoms with Crippen molar-refractivity contribution >= 4 is 0 Å². The molecule has 62 valence electrons. The molecular weight excluding hydrogens is 150 g/mol.